The number of fused-ring (bicyclic) bond motifs is 1. The van der Waals surface area contributed by atoms with Crippen LogP contribution in [0, 0.1) is 0 Å². The summed E-state index contributed by atoms with van der Waals surface area (Å²) in [5.41, 5.74) is 0.358. The number of ketones is 1. The molecule has 3 aromatic rings. The molecule has 3 rings (SSSR count). The Morgan fingerprint density at radius 3 is 2.38 bits per heavy atom. The third kappa shape index (κ3) is 3.87. The van der Waals surface area contributed by atoms with Crippen LogP contribution in [0.1, 0.15) is 30.4 Å². The van der Waals surface area contributed by atoms with Crippen LogP contribution < -0.4 is 62.1 Å². The van der Waals surface area contributed by atoms with Gasteiger partial charge in [-0.05, 0) is 18.6 Å². The number of carbonyl (C=O) groups is 1. The average molecular weight is 346 g/mol. The number of hydrogen-bond donors (Lipinski definition) is 0. The normalized spacial score (nSPS) is 11.7. The van der Waals surface area contributed by atoms with Gasteiger partial charge < -0.3 is 9.52 Å². The predicted molar refractivity (Wildman–Crippen MR) is 85.5 cm³/mol. The molecular formula is C19H15KO4. The Bertz CT molecular complexity index is 916. The molecule has 2 aromatic carbocycles. The van der Waals surface area contributed by atoms with Gasteiger partial charge >= 0.3 is 57.0 Å². The van der Waals surface area contributed by atoms with E-state index in [1.165, 1.54) is 6.92 Å². The Labute approximate surface area is 181 Å². The van der Waals surface area contributed by atoms with Crippen LogP contribution in [0.25, 0.3) is 11.0 Å². The third-order valence-corrected chi connectivity index (χ3v) is 3.84. The number of Topliss-reactive ketones (excluding diaryl/α,β-unsaturated/α-hetero) is 1. The molecule has 4 nitrogen and oxygen atoms in total. The Kier molecular flexibility index (Phi) is 6.54. The Morgan fingerprint density at radius 1 is 1.08 bits per heavy atom. The second kappa shape index (κ2) is 8.23. The van der Waals surface area contributed by atoms with Crippen LogP contribution in [0.4, 0.5) is 0 Å². The van der Waals surface area contributed by atoms with Gasteiger partial charge in [0.2, 0.25) is 0 Å². The number of carbonyl (C=O) groups excluding carboxylic acids is 1. The summed E-state index contributed by atoms with van der Waals surface area (Å²) in [5, 5.41) is 13.1. The molecule has 5 heteroatoms. The Balaban J connectivity index is 0.00000208. The minimum Gasteiger partial charge on any atom is -0.872 e. The molecule has 0 N–H and O–H groups in total. The number of rotatable bonds is 4. The summed E-state index contributed by atoms with van der Waals surface area (Å²) in [6, 6.07) is 15.7. The van der Waals surface area contributed by atoms with Crippen LogP contribution in [-0.2, 0) is 4.79 Å². The van der Waals surface area contributed by atoms with Gasteiger partial charge in [0.05, 0.1) is 0 Å². The van der Waals surface area contributed by atoms with Crippen molar-refractivity contribution in [2.24, 2.45) is 0 Å². The summed E-state index contributed by atoms with van der Waals surface area (Å²) in [6.45, 7) is 1.45. The van der Waals surface area contributed by atoms with E-state index in [0.717, 1.165) is 5.56 Å². The molecule has 0 bridgehead atoms. The SMILES string of the molecule is CC(=O)C[C@H](c1ccccc1)c1c([O-])c2ccccc2oc1=O.[K+]. The number of benzene rings is 2. The summed E-state index contributed by atoms with van der Waals surface area (Å²) in [7, 11) is 0. The van der Waals surface area contributed by atoms with Crippen LogP contribution in [0.2, 0.25) is 0 Å². The number of para-hydroxylation sites is 1. The van der Waals surface area contributed by atoms with Crippen molar-refractivity contribution < 1.29 is 65.7 Å². The molecule has 1 atom stereocenters. The zero-order valence-corrected chi connectivity index (χ0v) is 16.7. The smallest absolute Gasteiger partial charge is 0.872 e. The molecule has 0 saturated heterocycles. The van der Waals surface area contributed by atoms with Crippen LogP contribution in [0.15, 0.2) is 63.8 Å². The summed E-state index contributed by atoms with van der Waals surface area (Å²) in [5.74, 6) is -1.06. The first kappa shape index (κ1) is 19.1. The molecule has 0 saturated carbocycles. The van der Waals surface area contributed by atoms with Crippen molar-refractivity contribution in [2.45, 2.75) is 19.3 Å². The molecule has 0 aliphatic carbocycles. The quantitative estimate of drug-likeness (QED) is 0.492. The fourth-order valence-electron chi connectivity index (χ4n) is 2.80. The van der Waals surface area contributed by atoms with Crippen LogP contribution in [0.3, 0.4) is 0 Å². The molecule has 0 spiro atoms. The minimum absolute atomic E-state index is 0. The maximum absolute atomic E-state index is 12.8. The molecular weight excluding hydrogens is 331 g/mol. The van der Waals surface area contributed by atoms with Crippen molar-refractivity contribution in [2.75, 3.05) is 0 Å². The van der Waals surface area contributed by atoms with Gasteiger partial charge in [-0.1, -0.05) is 54.3 Å². The van der Waals surface area contributed by atoms with Gasteiger partial charge in [0, 0.05) is 23.3 Å². The van der Waals surface area contributed by atoms with Crippen molar-refractivity contribution in [1.82, 2.24) is 0 Å². The van der Waals surface area contributed by atoms with Crippen LogP contribution in [0.5, 0.6) is 5.75 Å². The molecule has 116 valence electrons. The van der Waals surface area contributed by atoms with E-state index in [1.807, 2.05) is 30.3 Å². The molecule has 0 aliphatic heterocycles. The van der Waals surface area contributed by atoms with E-state index in [1.54, 1.807) is 24.3 Å². The summed E-state index contributed by atoms with van der Waals surface area (Å²) >= 11 is 0. The maximum Gasteiger partial charge on any atom is 1.00 e. The predicted octanol–water partition coefficient (Wildman–Crippen LogP) is -0.0184. The van der Waals surface area contributed by atoms with E-state index < -0.39 is 11.5 Å². The first-order valence-corrected chi connectivity index (χ1v) is 7.35. The van der Waals surface area contributed by atoms with Gasteiger partial charge in [-0.25, -0.2) is 4.79 Å². The number of hydrogen-bond acceptors (Lipinski definition) is 4. The third-order valence-electron chi connectivity index (χ3n) is 3.84. The minimum atomic E-state index is -0.677. The van der Waals surface area contributed by atoms with Crippen molar-refractivity contribution in [1.29, 1.82) is 0 Å². The van der Waals surface area contributed by atoms with E-state index in [4.69, 9.17) is 4.42 Å². The second-order valence-corrected chi connectivity index (χ2v) is 5.50. The van der Waals surface area contributed by atoms with E-state index in [0.29, 0.717) is 5.39 Å². The van der Waals surface area contributed by atoms with E-state index >= 15 is 0 Å². The standard InChI is InChI=1S/C19H16O4.K/c1-12(20)11-15(13-7-3-2-4-8-13)17-18(21)14-9-5-6-10-16(14)23-19(17)22;/h2-10,15,21H,11H2,1H3;/q;+1/p-1/t15-;/m1./s1. The Hall–Kier alpha value is -1.24. The molecule has 0 aliphatic rings. The second-order valence-electron chi connectivity index (χ2n) is 5.50. The van der Waals surface area contributed by atoms with Gasteiger partial charge in [0.15, 0.2) is 0 Å². The Morgan fingerprint density at radius 2 is 1.71 bits per heavy atom. The molecule has 1 heterocycles. The van der Waals surface area contributed by atoms with Crippen molar-refractivity contribution in [3.63, 3.8) is 0 Å². The van der Waals surface area contributed by atoms with E-state index in [9.17, 15) is 14.7 Å². The van der Waals surface area contributed by atoms with E-state index in [-0.39, 0.29) is 80.5 Å². The van der Waals surface area contributed by atoms with Gasteiger partial charge in [-0.3, -0.25) is 4.79 Å². The van der Waals surface area contributed by atoms with Crippen LogP contribution in [-0.4, -0.2) is 5.78 Å². The molecule has 0 fully saturated rings. The monoisotopic (exact) mass is 346 g/mol. The fourth-order valence-corrected chi connectivity index (χ4v) is 2.80. The van der Waals surface area contributed by atoms with Crippen molar-refractivity contribution in [3.05, 3.63) is 76.1 Å². The molecule has 24 heavy (non-hydrogen) atoms. The first-order valence-electron chi connectivity index (χ1n) is 7.35. The van der Waals surface area contributed by atoms with Crippen molar-refractivity contribution in [3.8, 4) is 5.75 Å². The maximum atomic E-state index is 12.8. The first-order chi connectivity index (χ1) is 11.1. The molecule has 0 radical (unpaired) electrons. The van der Waals surface area contributed by atoms with Gasteiger partial charge in [0.25, 0.3) is 0 Å². The van der Waals surface area contributed by atoms with Gasteiger partial charge in [-0.15, -0.1) is 0 Å². The summed E-state index contributed by atoms with van der Waals surface area (Å²) in [4.78, 5) is 24.0. The zero-order valence-electron chi connectivity index (χ0n) is 13.6. The van der Waals surface area contributed by atoms with Crippen LogP contribution >= 0.6 is 0 Å². The molecule has 0 unspecified atom stereocenters. The molecule has 0 amide bonds. The summed E-state index contributed by atoms with van der Waals surface area (Å²) < 4.78 is 5.29. The zero-order chi connectivity index (χ0) is 16.4. The van der Waals surface area contributed by atoms with Crippen molar-refractivity contribution >= 4 is 16.8 Å². The van der Waals surface area contributed by atoms with Gasteiger partial charge in [0.1, 0.15) is 11.4 Å². The van der Waals surface area contributed by atoms with Gasteiger partial charge in [-0.2, -0.15) is 0 Å². The largest absolute Gasteiger partial charge is 1.00 e. The topological polar surface area (TPSA) is 70.3 Å². The fraction of sp³-hybridized carbons (Fsp3) is 0.158. The molecule has 1 aromatic heterocycles. The van der Waals surface area contributed by atoms with E-state index in [2.05, 4.69) is 0 Å². The average Bonchev–Trinajstić information content (AvgIpc) is 2.54. The summed E-state index contributed by atoms with van der Waals surface area (Å²) in [6.07, 6.45) is 0.0857.